The molecule has 0 aliphatic heterocycles. The Balaban J connectivity index is 1.66. The van der Waals surface area contributed by atoms with Gasteiger partial charge >= 0.3 is 0 Å². The molecule has 9 heteroatoms. The molecule has 3 aromatic carbocycles. The third-order valence-corrected chi connectivity index (χ3v) is 7.31. The van der Waals surface area contributed by atoms with Crippen molar-refractivity contribution in [1.82, 2.24) is 14.9 Å². The monoisotopic (exact) mass is 553 g/mol. The normalized spacial score (nSPS) is 12.4. The van der Waals surface area contributed by atoms with E-state index in [-0.39, 0.29) is 18.9 Å². The first-order valence-electron chi connectivity index (χ1n) is 13.3. The molecule has 0 bridgehead atoms. The lowest BCUT2D eigenvalue weighted by Crippen LogP contribution is -2.46. The first kappa shape index (κ1) is 29.2. The number of hydrogen-bond acceptors (Lipinski definition) is 6. The second-order valence-electron chi connectivity index (χ2n) is 10.1. The van der Waals surface area contributed by atoms with E-state index in [1.54, 1.807) is 29.2 Å². The number of nitrogens with two attached hydrogens (primary N) is 2. The molecule has 1 aromatic heterocycles. The number of benzene rings is 3. The van der Waals surface area contributed by atoms with Crippen LogP contribution in [0.5, 0.6) is 5.75 Å². The van der Waals surface area contributed by atoms with Crippen molar-refractivity contribution in [3.05, 3.63) is 106 Å². The van der Waals surface area contributed by atoms with E-state index in [0.29, 0.717) is 22.7 Å². The maximum atomic E-state index is 14.0. The zero-order valence-electron chi connectivity index (χ0n) is 23.7. The van der Waals surface area contributed by atoms with Gasteiger partial charge in [-0.3, -0.25) is 14.4 Å². The van der Waals surface area contributed by atoms with Crippen molar-refractivity contribution in [2.45, 2.75) is 45.8 Å². The molecular formula is C32H35N5O4. The van der Waals surface area contributed by atoms with Crippen molar-refractivity contribution < 1.29 is 19.1 Å². The summed E-state index contributed by atoms with van der Waals surface area (Å²) in [6.07, 6.45) is 2.81. The Morgan fingerprint density at radius 3 is 2.37 bits per heavy atom. The number of rotatable bonds is 11. The minimum atomic E-state index is -0.873. The Kier molecular flexibility index (Phi) is 8.99. The quantitative estimate of drug-likeness (QED) is 0.237. The molecule has 0 radical (unpaired) electrons. The summed E-state index contributed by atoms with van der Waals surface area (Å²) in [6, 6.07) is 17.1. The first-order valence-corrected chi connectivity index (χ1v) is 13.3. The van der Waals surface area contributed by atoms with Crippen LogP contribution in [-0.2, 0) is 17.8 Å². The van der Waals surface area contributed by atoms with E-state index in [2.05, 4.69) is 4.98 Å². The minimum absolute atomic E-state index is 0.193. The number of aromatic nitrogens is 2. The Hall–Kier alpha value is -4.76. The molecule has 0 saturated carbocycles. The average Bonchev–Trinajstić information content (AvgIpc) is 3.47. The summed E-state index contributed by atoms with van der Waals surface area (Å²) in [4.78, 5) is 47.0. The van der Waals surface area contributed by atoms with Gasteiger partial charge in [0, 0.05) is 23.9 Å². The van der Waals surface area contributed by atoms with Crippen molar-refractivity contribution in [3.63, 3.8) is 0 Å². The Morgan fingerprint density at radius 1 is 1.07 bits per heavy atom. The van der Waals surface area contributed by atoms with Gasteiger partial charge in [0.2, 0.25) is 11.8 Å². The van der Waals surface area contributed by atoms with Gasteiger partial charge in [-0.05, 0) is 73.7 Å². The molecule has 0 aliphatic carbocycles. The molecule has 2 atom stereocenters. The zero-order valence-corrected chi connectivity index (χ0v) is 23.7. The van der Waals surface area contributed by atoms with Gasteiger partial charge in [0.25, 0.3) is 0 Å². The number of primary amides is 1. The van der Waals surface area contributed by atoms with Crippen molar-refractivity contribution in [1.29, 1.82) is 0 Å². The molecule has 212 valence electrons. The number of hydrogen-bond donors (Lipinski definition) is 3. The molecule has 4 rings (SSSR count). The first-order chi connectivity index (χ1) is 19.6. The van der Waals surface area contributed by atoms with Crippen LogP contribution in [0.2, 0.25) is 0 Å². The lowest BCUT2D eigenvalue weighted by Gasteiger charge is -2.31. The smallest absolute Gasteiger partial charge is 0.248 e. The molecule has 0 fully saturated rings. The van der Waals surface area contributed by atoms with Crippen LogP contribution in [0.3, 0.4) is 0 Å². The summed E-state index contributed by atoms with van der Waals surface area (Å²) < 4.78 is 5.28. The van der Waals surface area contributed by atoms with Crippen LogP contribution in [0.25, 0.3) is 11.3 Å². The molecular weight excluding hydrogens is 518 g/mol. The highest BCUT2D eigenvalue weighted by atomic mass is 16.5. The number of amides is 2. The van der Waals surface area contributed by atoms with Gasteiger partial charge in [0.15, 0.2) is 6.29 Å². The van der Waals surface area contributed by atoms with Gasteiger partial charge in [-0.15, -0.1) is 0 Å². The van der Waals surface area contributed by atoms with Gasteiger partial charge in [-0.2, -0.15) is 0 Å². The molecule has 2 amide bonds. The third-order valence-electron chi connectivity index (χ3n) is 7.31. The van der Waals surface area contributed by atoms with Gasteiger partial charge in [0.1, 0.15) is 11.6 Å². The predicted molar refractivity (Wildman–Crippen MR) is 157 cm³/mol. The number of aryl methyl sites for hydroxylation is 2. The van der Waals surface area contributed by atoms with E-state index in [4.69, 9.17) is 21.2 Å². The summed E-state index contributed by atoms with van der Waals surface area (Å²) in [5.41, 5.74) is 17.9. The van der Waals surface area contributed by atoms with Crippen molar-refractivity contribution in [2.24, 2.45) is 11.5 Å². The Labute approximate surface area is 239 Å². The van der Waals surface area contributed by atoms with E-state index < -0.39 is 18.0 Å². The lowest BCUT2D eigenvalue weighted by molar-refractivity contribution is -0.135. The predicted octanol–water partition coefficient (Wildman–Crippen LogP) is 4.27. The number of carbonyl (C=O) groups is 3. The molecule has 0 aliphatic rings. The number of aromatic amines is 1. The van der Waals surface area contributed by atoms with E-state index in [9.17, 15) is 14.4 Å². The number of nitrogens with one attached hydrogen (secondary N) is 1. The molecule has 1 heterocycles. The van der Waals surface area contributed by atoms with Crippen molar-refractivity contribution in [2.75, 3.05) is 7.11 Å². The zero-order chi connectivity index (χ0) is 29.7. The highest BCUT2D eigenvalue weighted by Gasteiger charge is 2.29. The summed E-state index contributed by atoms with van der Waals surface area (Å²) >= 11 is 0. The van der Waals surface area contributed by atoms with Crippen molar-refractivity contribution in [3.8, 4) is 17.0 Å². The standard InChI is InChI=1S/C32H35N5O4/c1-19-12-24(30(34)39)13-20(2)26(19)15-27(33)32(40)37(17-22-10-11-29(41-4)25(14-22)18-38)21(3)31-35-16-28(36-31)23-8-6-5-7-9-23/h5-14,16,18,21,27H,15,17,33H2,1-4H3,(H2,34,39)(H,35,36). The number of H-pyrrole nitrogens is 1. The third kappa shape index (κ3) is 6.53. The summed E-state index contributed by atoms with van der Waals surface area (Å²) in [7, 11) is 1.50. The summed E-state index contributed by atoms with van der Waals surface area (Å²) in [5, 5.41) is 0. The average molecular weight is 554 g/mol. The number of carbonyl (C=O) groups excluding carboxylic acids is 3. The molecule has 4 aromatic rings. The molecule has 5 N–H and O–H groups in total. The van der Waals surface area contributed by atoms with E-state index >= 15 is 0 Å². The fourth-order valence-corrected chi connectivity index (χ4v) is 5.01. The number of methoxy groups -OCH3 is 1. The number of nitrogens with zero attached hydrogens (tertiary/aromatic N) is 2. The maximum absolute atomic E-state index is 14.0. The van der Waals surface area contributed by atoms with Crippen LogP contribution >= 0.6 is 0 Å². The van der Waals surface area contributed by atoms with Crippen molar-refractivity contribution >= 4 is 18.1 Å². The van der Waals surface area contributed by atoms with Crippen LogP contribution in [0, 0.1) is 13.8 Å². The summed E-state index contributed by atoms with van der Waals surface area (Å²) in [5.74, 6) is 0.268. The van der Waals surface area contributed by atoms with Crippen LogP contribution in [0.1, 0.15) is 61.8 Å². The number of ether oxygens (including phenoxy) is 1. The SMILES string of the molecule is COc1ccc(CN(C(=O)C(N)Cc2c(C)cc(C(N)=O)cc2C)C(C)c2nc(-c3ccccc3)c[nH]2)cc1C=O. The second kappa shape index (κ2) is 12.6. The topological polar surface area (TPSA) is 144 Å². The van der Waals surface area contributed by atoms with Crippen LogP contribution < -0.4 is 16.2 Å². The number of aldehydes is 1. The highest BCUT2D eigenvalue weighted by Crippen LogP contribution is 2.27. The van der Waals surface area contributed by atoms with Gasteiger partial charge in [-0.1, -0.05) is 36.4 Å². The number of imidazole rings is 1. The lowest BCUT2D eigenvalue weighted by atomic mass is 9.93. The fourth-order valence-electron chi connectivity index (χ4n) is 5.01. The second-order valence-corrected chi connectivity index (χ2v) is 10.1. The van der Waals surface area contributed by atoms with Crippen LogP contribution in [0.4, 0.5) is 0 Å². The van der Waals surface area contributed by atoms with Gasteiger partial charge in [-0.25, -0.2) is 4.98 Å². The minimum Gasteiger partial charge on any atom is -0.496 e. The van der Waals surface area contributed by atoms with E-state index in [1.807, 2.05) is 63.4 Å². The van der Waals surface area contributed by atoms with Gasteiger partial charge in [0.05, 0.1) is 30.5 Å². The summed E-state index contributed by atoms with van der Waals surface area (Å²) in [6.45, 7) is 5.83. The molecule has 0 spiro atoms. The molecule has 0 saturated heterocycles. The van der Waals surface area contributed by atoms with Crippen LogP contribution in [-0.4, -0.2) is 46.1 Å². The maximum Gasteiger partial charge on any atom is 0.248 e. The Morgan fingerprint density at radius 2 is 1.76 bits per heavy atom. The van der Waals surface area contributed by atoms with Crippen LogP contribution in [0.15, 0.2) is 66.9 Å². The molecule has 2 unspecified atom stereocenters. The van der Waals surface area contributed by atoms with Gasteiger partial charge < -0.3 is 26.1 Å². The van der Waals surface area contributed by atoms with E-state index in [0.717, 1.165) is 39.8 Å². The van der Waals surface area contributed by atoms with E-state index in [1.165, 1.54) is 7.11 Å². The molecule has 41 heavy (non-hydrogen) atoms. The Bertz CT molecular complexity index is 1540. The largest absolute Gasteiger partial charge is 0.496 e. The fraction of sp³-hybridized carbons (Fsp3) is 0.250. The highest BCUT2D eigenvalue weighted by molar-refractivity contribution is 5.93. The molecule has 9 nitrogen and oxygen atoms in total.